The first-order chi connectivity index (χ1) is 6.63. The molecule has 3 nitrogen and oxygen atoms in total. The van der Waals surface area contributed by atoms with Gasteiger partial charge in [0.25, 0.3) is 0 Å². The Bertz CT molecular complexity index is 442. The van der Waals surface area contributed by atoms with Gasteiger partial charge >= 0.3 is 0 Å². The van der Waals surface area contributed by atoms with Gasteiger partial charge in [0, 0.05) is 22.7 Å². The van der Waals surface area contributed by atoms with Gasteiger partial charge in [-0.1, -0.05) is 20.8 Å². The molecule has 0 bridgehead atoms. The van der Waals surface area contributed by atoms with Crippen LogP contribution in [0.2, 0.25) is 0 Å². The average molecular weight is 189 g/mol. The second kappa shape index (κ2) is 3.08. The minimum Gasteiger partial charge on any atom is -0.278 e. The molecule has 74 valence electrons. The Labute approximate surface area is 83.6 Å². The van der Waals surface area contributed by atoms with E-state index in [1.807, 2.05) is 6.20 Å². The summed E-state index contributed by atoms with van der Waals surface area (Å²) in [5.74, 6) is 0. The zero-order chi connectivity index (χ0) is 10.2. The number of aromatic amines is 1. The fourth-order valence-electron chi connectivity index (χ4n) is 1.39. The van der Waals surface area contributed by atoms with Crippen LogP contribution in [0, 0.1) is 0 Å². The first kappa shape index (κ1) is 9.19. The summed E-state index contributed by atoms with van der Waals surface area (Å²) < 4.78 is 0. The van der Waals surface area contributed by atoms with Crippen LogP contribution in [-0.4, -0.2) is 15.2 Å². The maximum atomic E-state index is 4.46. The SMILES string of the molecule is CCC(C)(C)c1cc2[nH]ncc2cn1. The second-order valence-electron chi connectivity index (χ2n) is 4.26. The summed E-state index contributed by atoms with van der Waals surface area (Å²) in [6.45, 7) is 6.59. The van der Waals surface area contributed by atoms with Crippen molar-refractivity contribution in [3.8, 4) is 0 Å². The molecule has 0 amide bonds. The molecule has 0 aliphatic carbocycles. The van der Waals surface area contributed by atoms with Crippen LogP contribution in [0.25, 0.3) is 10.9 Å². The van der Waals surface area contributed by atoms with Crippen LogP contribution >= 0.6 is 0 Å². The highest BCUT2D eigenvalue weighted by atomic mass is 15.1. The van der Waals surface area contributed by atoms with Crippen LogP contribution < -0.4 is 0 Å². The quantitative estimate of drug-likeness (QED) is 0.789. The van der Waals surface area contributed by atoms with Crippen LogP contribution in [-0.2, 0) is 5.41 Å². The van der Waals surface area contributed by atoms with Crippen molar-refractivity contribution >= 4 is 10.9 Å². The lowest BCUT2D eigenvalue weighted by Crippen LogP contribution is -2.17. The molecule has 0 spiro atoms. The van der Waals surface area contributed by atoms with E-state index in [0.29, 0.717) is 0 Å². The molecule has 1 N–H and O–H groups in total. The monoisotopic (exact) mass is 189 g/mol. The van der Waals surface area contributed by atoms with Crippen molar-refractivity contribution in [3.63, 3.8) is 0 Å². The van der Waals surface area contributed by atoms with Crippen molar-refractivity contribution in [3.05, 3.63) is 24.2 Å². The number of pyridine rings is 1. The standard InChI is InChI=1S/C11H15N3/c1-4-11(2,3)10-5-9-8(6-12-10)7-13-14-9/h5-7H,4H2,1-3H3,(H,13,14). The van der Waals surface area contributed by atoms with Gasteiger partial charge in [-0.2, -0.15) is 5.10 Å². The van der Waals surface area contributed by atoms with Gasteiger partial charge in [0.1, 0.15) is 0 Å². The molecule has 0 aliphatic heterocycles. The van der Waals surface area contributed by atoms with E-state index in [-0.39, 0.29) is 5.41 Å². The van der Waals surface area contributed by atoms with Gasteiger partial charge in [-0.3, -0.25) is 10.1 Å². The number of fused-ring (bicyclic) bond motifs is 1. The Morgan fingerprint density at radius 3 is 2.86 bits per heavy atom. The van der Waals surface area contributed by atoms with Gasteiger partial charge in [-0.15, -0.1) is 0 Å². The van der Waals surface area contributed by atoms with Crippen LogP contribution in [0.15, 0.2) is 18.5 Å². The maximum Gasteiger partial charge on any atom is 0.0684 e. The molecule has 2 rings (SSSR count). The number of aromatic nitrogens is 3. The number of rotatable bonds is 2. The second-order valence-corrected chi connectivity index (χ2v) is 4.26. The van der Waals surface area contributed by atoms with E-state index in [1.165, 1.54) is 0 Å². The summed E-state index contributed by atoms with van der Waals surface area (Å²) in [7, 11) is 0. The lowest BCUT2D eigenvalue weighted by Gasteiger charge is -2.21. The molecule has 2 aromatic rings. The smallest absolute Gasteiger partial charge is 0.0684 e. The summed E-state index contributed by atoms with van der Waals surface area (Å²) in [6, 6.07) is 2.09. The maximum absolute atomic E-state index is 4.46. The summed E-state index contributed by atoms with van der Waals surface area (Å²) in [5, 5.41) is 8.02. The van der Waals surface area contributed by atoms with Gasteiger partial charge in [0.15, 0.2) is 0 Å². The van der Waals surface area contributed by atoms with Crippen molar-refractivity contribution in [2.75, 3.05) is 0 Å². The van der Waals surface area contributed by atoms with Crippen LogP contribution in [0.4, 0.5) is 0 Å². The summed E-state index contributed by atoms with van der Waals surface area (Å²) in [5.41, 5.74) is 2.33. The van der Waals surface area contributed by atoms with E-state index < -0.39 is 0 Å². The Hall–Kier alpha value is -1.38. The molecular formula is C11H15N3. The van der Waals surface area contributed by atoms with Crippen LogP contribution in [0.3, 0.4) is 0 Å². The molecule has 0 aromatic carbocycles. The van der Waals surface area contributed by atoms with E-state index in [0.717, 1.165) is 23.0 Å². The van der Waals surface area contributed by atoms with E-state index in [2.05, 4.69) is 42.0 Å². The van der Waals surface area contributed by atoms with E-state index in [4.69, 9.17) is 0 Å². The first-order valence-electron chi connectivity index (χ1n) is 4.93. The number of nitrogens with zero attached hydrogens (tertiary/aromatic N) is 2. The molecule has 0 radical (unpaired) electrons. The molecule has 0 saturated carbocycles. The van der Waals surface area contributed by atoms with Crippen molar-refractivity contribution in [2.24, 2.45) is 0 Å². The van der Waals surface area contributed by atoms with E-state index in [9.17, 15) is 0 Å². The third-order valence-electron chi connectivity index (χ3n) is 2.90. The first-order valence-corrected chi connectivity index (χ1v) is 4.93. The average Bonchev–Trinajstić information content (AvgIpc) is 2.64. The highest BCUT2D eigenvalue weighted by Crippen LogP contribution is 2.26. The predicted molar refractivity (Wildman–Crippen MR) is 57.2 cm³/mol. The molecule has 2 heterocycles. The fourth-order valence-corrected chi connectivity index (χ4v) is 1.39. The van der Waals surface area contributed by atoms with E-state index in [1.54, 1.807) is 6.20 Å². The van der Waals surface area contributed by atoms with Crippen molar-refractivity contribution in [1.82, 2.24) is 15.2 Å². The predicted octanol–water partition coefficient (Wildman–Crippen LogP) is 2.65. The number of nitrogens with one attached hydrogen (secondary N) is 1. The molecule has 0 fully saturated rings. The van der Waals surface area contributed by atoms with Gasteiger partial charge < -0.3 is 0 Å². The van der Waals surface area contributed by atoms with E-state index >= 15 is 0 Å². The van der Waals surface area contributed by atoms with Gasteiger partial charge in [0.05, 0.1) is 11.7 Å². The topological polar surface area (TPSA) is 41.6 Å². The Balaban J connectivity index is 2.53. The molecule has 2 aromatic heterocycles. The third kappa shape index (κ3) is 1.39. The van der Waals surface area contributed by atoms with Gasteiger partial charge in [0.2, 0.25) is 0 Å². The molecule has 0 saturated heterocycles. The minimum atomic E-state index is 0.138. The summed E-state index contributed by atoms with van der Waals surface area (Å²) in [6.07, 6.45) is 4.76. The molecule has 0 aliphatic rings. The van der Waals surface area contributed by atoms with Gasteiger partial charge in [-0.25, -0.2) is 0 Å². The van der Waals surface area contributed by atoms with Crippen molar-refractivity contribution in [2.45, 2.75) is 32.6 Å². The van der Waals surface area contributed by atoms with Gasteiger partial charge in [-0.05, 0) is 12.5 Å². The summed E-state index contributed by atoms with van der Waals surface area (Å²) in [4.78, 5) is 4.46. The van der Waals surface area contributed by atoms with Crippen molar-refractivity contribution < 1.29 is 0 Å². The number of hydrogen-bond donors (Lipinski definition) is 1. The molecule has 3 heteroatoms. The van der Waals surface area contributed by atoms with Crippen LogP contribution in [0.5, 0.6) is 0 Å². The molecule has 0 unspecified atom stereocenters. The highest BCUT2D eigenvalue weighted by Gasteiger charge is 2.19. The van der Waals surface area contributed by atoms with Crippen LogP contribution in [0.1, 0.15) is 32.9 Å². The third-order valence-corrected chi connectivity index (χ3v) is 2.90. The fraction of sp³-hybridized carbons (Fsp3) is 0.455. The zero-order valence-electron chi connectivity index (χ0n) is 8.83. The summed E-state index contributed by atoms with van der Waals surface area (Å²) >= 11 is 0. The molecule has 14 heavy (non-hydrogen) atoms. The lowest BCUT2D eigenvalue weighted by molar-refractivity contribution is 0.491. The molecule has 0 atom stereocenters. The number of H-pyrrole nitrogens is 1. The Morgan fingerprint density at radius 2 is 2.14 bits per heavy atom. The molecular weight excluding hydrogens is 174 g/mol. The largest absolute Gasteiger partial charge is 0.278 e. The Kier molecular flexibility index (Phi) is 2.02. The lowest BCUT2D eigenvalue weighted by atomic mass is 9.86. The Morgan fingerprint density at radius 1 is 1.36 bits per heavy atom. The highest BCUT2D eigenvalue weighted by molar-refractivity contribution is 5.77. The minimum absolute atomic E-state index is 0.138. The van der Waals surface area contributed by atoms with Crippen molar-refractivity contribution in [1.29, 1.82) is 0 Å². The normalized spacial score (nSPS) is 12.2. The number of hydrogen-bond acceptors (Lipinski definition) is 2. The zero-order valence-corrected chi connectivity index (χ0v) is 8.83.